The Kier molecular flexibility index (Phi) is 6.24. The summed E-state index contributed by atoms with van der Waals surface area (Å²) in [6.07, 6.45) is 0. The molecule has 0 spiro atoms. The summed E-state index contributed by atoms with van der Waals surface area (Å²) in [6.45, 7) is -0.525. The molecule has 5 nitrogen and oxygen atoms in total. The van der Waals surface area contributed by atoms with E-state index in [0.29, 0.717) is 5.02 Å². The maximum Gasteiger partial charge on any atom is 0.278 e. The Morgan fingerprint density at radius 2 is 1.50 bits per heavy atom. The monoisotopic (exact) mass is 435 g/mol. The van der Waals surface area contributed by atoms with Gasteiger partial charge >= 0.3 is 0 Å². The number of carbonyl (C=O) groups excluding carboxylic acids is 1. The van der Waals surface area contributed by atoms with Crippen LogP contribution in [0.2, 0.25) is 10.0 Å². The quantitative estimate of drug-likeness (QED) is 0.557. The highest BCUT2D eigenvalue weighted by molar-refractivity contribution is 7.93. The number of hydrogen-bond donors (Lipinski definition) is 0. The molecule has 0 fully saturated rings. The third kappa shape index (κ3) is 4.47. The van der Waals surface area contributed by atoms with Crippen molar-refractivity contribution in [3.63, 3.8) is 0 Å². The van der Waals surface area contributed by atoms with Crippen LogP contribution in [0.1, 0.15) is 0 Å². The summed E-state index contributed by atoms with van der Waals surface area (Å²) in [5, 5.41) is 0.638. The molecule has 3 aromatic carbocycles. The highest BCUT2D eigenvalue weighted by Gasteiger charge is 2.31. The molecular weight excluding hydrogens is 421 g/mol. The van der Waals surface area contributed by atoms with E-state index in [-0.39, 0.29) is 21.4 Å². The fourth-order valence-electron chi connectivity index (χ4n) is 2.47. The van der Waals surface area contributed by atoms with Crippen molar-refractivity contribution in [3.8, 4) is 5.75 Å². The second kappa shape index (κ2) is 8.65. The Bertz CT molecular complexity index is 1070. The number of halogens is 2. The van der Waals surface area contributed by atoms with Crippen molar-refractivity contribution < 1.29 is 17.9 Å². The highest BCUT2D eigenvalue weighted by atomic mass is 35.5. The van der Waals surface area contributed by atoms with Gasteiger partial charge in [-0.2, -0.15) is 4.31 Å². The number of benzene rings is 3. The minimum atomic E-state index is -4.12. The molecule has 0 saturated heterocycles. The van der Waals surface area contributed by atoms with Crippen LogP contribution in [0.5, 0.6) is 5.75 Å². The Labute approximate surface area is 173 Å². The zero-order valence-electron chi connectivity index (χ0n) is 14.5. The predicted molar refractivity (Wildman–Crippen MR) is 110 cm³/mol. The van der Waals surface area contributed by atoms with Gasteiger partial charge in [0.05, 0.1) is 15.6 Å². The number of hydrogen-bond acceptors (Lipinski definition) is 4. The summed E-state index contributed by atoms with van der Waals surface area (Å²) in [6, 6.07) is 20.4. The van der Waals surface area contributed by atoms with Crippen LogP contribution >= 0.6 is 23.2 Å². The molecule has 0 aliphatic carbocycles. The Morgan fingerprint density at radius 1 is 0.893 bits per heavy atom. The maximum atomic E-state index is 13.1. The van der Waals surface area contributed by atoms with Crippen molar-refractivity contribution in [2.75, 3.05) is 10.9 Å². The number of sulfonamides is 1. The number of anilines is 1. The lowest BCUT2D eigenvalue weighted by molar-refractivity contribution is -0.119. The van der Waals surface area contributed by atoms with E-state index in [9.17, 15) is 13.2 Å². The van der Waals surface area contributed by atoms with Gasteiger partial charge in [-0.1, -0.05) is 59.6 Å². The summed E-state index contributed by atoms with van der Waals surface area (Å²) in [4.78, 5) is 12.9. The molecule has 0 heterocycles. The van der Waals surface area contributed by atoms with Gasteiger partial charge in [-0.3, -0.25) is 4.79 Å². The number of para-hydroxylation sites is 1. The van der Waals surface area contributed by atoms with Gasteiger partial charge in [0.15, 0.2) is 6.61 Å². The normalized spacial score (nSPS) is 11.1. The molecule has 3 rings (SSSR count). The van der Waals surface area contributed by atoms with Crippen LogP contribution in [0, 0.1) is 0 Å². The molecule has 0 N–H and O–H groups in total. The first-order valence-corrected chi connectivity index (χ1v) is 10.4. The van der Waals surface area contributed by atoms with Crippen molar-refractivity contribution in [1.82, 2.24) is 0 Å². The summed E-state index contributed by atoms with van der Waals surface area (Å²) in [5.41, 5.74) is 0.210. The molecule has 8 heteroatoms. The van der Waals surface area contributed by atoms with Crippen molar-refractivity contribution in [2.24, 2.45) is 0 Å². The van der Waals surface area contributed by atoms with Gasteiger partial charge in [-0.25, -0.2) is 8.42 Å². The minimum Gasteiger partial charge on any atom is -0.482 e. The van der Waals surface area contributed by atoms with E-state index in [1.54, 1.807) is 42.5 Å². The molecule has 144 valence electrons. The lowest BCUT2D eigenvalue weighted by Crippen LogP contribution is -2.40. The lowest BCUT2D eigenvalue weighted by atomic mass is 10.3. The molecule has 0 bridgehead atoms. The summed E-state index contributed by atoms with van der Waals surface area (Å²) >= 11 is 11.9. The maximum absolute atomic E-state index is 13.1. The molecule has 0 saturated carbocycles. The van der Waals surface area contributed by atoms with E-state index in [4.69, 9.17) is 27.9 Å². The van der Waals surface area contributed by atoms with Crippen molar-refractivity contribution >= 4 is 44.8 Å². The van der Waals surface area contributed by atoms with E-state index in [0.717, 1.165) is 4.31 Å². The molecule has 1 amide bonds. The predicted octanol–water partition coefficient (Wildman–Crippen LogP) is 4.79. The van der Waals surface area contributed by atoms with E-state index in [1.807, 2.05) is 0 Å². The molecule has 0 aliphatic rings. The molecule has 28 heavy (non-hydrogen) atoms. The second-order valence-corrected chi connectivity index (χ2v) is 8.31. The van der Waals surface area contributed by atoms with Crippen LogP contribution in [0.25, 0.3) is 0 Å². The van der Waals surface area contributed by atoms with Crippen molar-refractivity contribution in [3.05, 3.63) is 88.9 Å². The van der Waals surface area contributed by atoms with Crippen LogP contribution in [0.3, 0.4) is 0 Å². The molecule has 0 aliphatic heterocycles. The van der Waals surface area contributed by atoms with E-state index < -0.39 is 22.5 Å². The van der Waals surface area contributed by atoms with Crippen molar-refractivity contribution in [2.45, 2.75) is 4.90 Å². The highest BCUT2D eigenvalue weighted by Crippen LogP contribution is 2.28. The Balaban J connectivity index is 1.92. The minimum absolute atomic E-state index is 0.00303. The number of rotatable bonds is 6. The SMILES string of the molecule is O=C(COc1ccc(Cl)cc1Cl)N(c1ccccc1)S(=O)(=O)c1ccccc1. The molecule has 0 atom stereocenters. The van der Waals surface area contributed by atoms with Crippen LogP contribution in [-0.4, -0.2) is 20.9 Å². The number of amides is 1. The Morgan fingerprint density at radius 3 is 2.11 bits per heavy atom. The fraction of sp³-hybridized carbons (Fsp3) is 0.0500. The third-order valence-corrected chi connectivity index (χ3v) is 6.04. The van der Waals surface area contributed by atoms with Crippen LogP contribution in [0.4, 0.5) is 5.69 Å². The van der Waals surface area contributed by atoms with Gasteiger partial charge in [0, 0.05) is 5.02 Å². The second-order valence-electron chi connectivity index (χ2n) is 5.68. The van der Waals surface area contributed by atoms with Crippen LogP contribution in [-0.2, 0) is 14.8 Å². The van der Waals surface area contributed by atoms with E-state index >= 15 is 0 Å². The number of carbonyl (C=O) groups is 1. The van der Waals surface area contributed by atoms with E-state index in [1.165, 1.54) is 36.4 Å². The first-order valence-electron chi connectivity index (χ1n) is 8.16. The standard InChI is InChI=1S/C20H15Cl2NO4S/c21-15-11-12-19(18(22)13-15)27-14-20(24)23(16-7-3-1-4-8-16)28(25,26)17-9-5-2-6-10-17/h1-13H,14H2. The van der Waals surface area contributed by atoms with Gasteiger partial charge in [-0.05, 0) is 42.5 Å². The topological polar surface area (TPSA) is 63.7 Å². The zero-order chi connectivity index (χ0) is 20.1. The molecule has 0 radical (unpaired) electrons. The summed E-state index contributed by atoms with van der Waals surface area (Å²) < 4.78 is 32.4. The van der Waals surface area contributed by atoms with Gasteiger partial charge in [0.1, 0.15) is 5.75 Å². The average Bonchev–Trinajstić information content (AvgIpc) is 2.69. The summed E-state index contributed by atoms with van der Waals surface area (Å²) in [7, 11) is -4.12. The number of ether oxygens (including phenoxy) is 1. The Hall–Kier alpha value is -2.54. The van der Waals surface area contributed by atoms with E-state index in [2.05, 4.69) is 0 Å². The molecule has 3 aromatic rings. The van der Waals surface area contributed by atoms with Gasteiger partial charge in [-0.15, -0.1) is 0 Å². The van der Waals surface area contributed by atoms with Crippen LogP contribution in [0.15, 0.2) is 83.8 Å². The molecule has 0 unspecified atom stereocenters. The number of nitrogens with zero attached hydrogens (tertiary/aromatic N) is 1. The first-order chi connectivity index (χ1) is 13.4. The largest absolute Gasteiger partial charge is 0.482 e. The van der Waals surface area contributed by atoms with Gasteiger partial charge in [0.2, 0.25) is 0 Å². The van der Waals surface area contributed by atoms with Gasteiger partial charge < -0.3 is 4.74 Å². The lowest BCUT2D eigenvalue weighted by Gasteiger charge is -2.23. The zero-order valence-corrected chi connectivity index (χ0v) is 16.8. The smallest absolute Gasteiger partial charge is 0.278 e. The molecule has 0 aromatic heterocycles. The summed E-state index contributed by atoms with van der Waals surface area (Å²) in [5.74, 6) is -0.536. The first kappa shape index (κ1) is 20.2. The third-order valence-electron chi connectivity index (χ3n) is 3.74. The molecular formula is C20H15Cl2NO4S. The van der Waals surface area contributed by atoms with Gasteiger partial charge in [0.25, 0.3) is 15.9 Å². The average molecular weight is 436 g/mol. The fourth-order valence-corrected chi connectivity index (χ4v) is 4.36. The van der Waals surface area contributed by atoms with Crippen LogP contribution < -0.4 is 9.04 Å². The van der Waals surface area contributed by atoms with Crippen molar-refractivity contribution in [1.29, 1.82) is 0 Å².